The van der Waals surface area contributed by atoms with Crippen molar-refractivity contribution >= 4 is 10.0 Å². The van der Waals surface area contributed by atoms with E-state index < -0.39 is 22.5 Å². The quantitative estimate of drug-likeness (QED) is 0.778. The Bertz CT molecular complexity index is 574. The predicted molar refractivity (Wildman–Crippen MR) is 78.4 cm³/mol. The average Bonchev–Trinajstić information content (AvgIpc) is 2.48. The summed E-state index contributed by atoms with van der Waals surface area (Å²) in [7, 11) is -3.88. The van der Waals surface area contributed by atoms with Crippen LogP contribution in [0.3, 0.4) is 0 Å². The van der Waals surface area contributed by atoms with E-state index in [2.05, 4.69) is 15.0 Å². The van der Waals surface area contributed by atoms with E-state index in [1.54, 1.807) is 17.9 Å². The fraction of sp³-hybridized carbons (Fsp3) is 0.615. The van der Waals surface area contributed by atoms with Crippen LogP contribution < -0.4 is 10.0 Å². The van der Waals surface area contributed by atoms with Crippen molar-refractivity contribution in [3.05, 3.63) is 23.9 Å². The fourth-order valence-corrected chi connectivity index (χ4v) is 3.25. The number of aromatic nitrogens is 1. The highest BCUT2D eigenvalue weighted by Gasteiger charge is 2.30. The first-order chi connectivity index (χ1) is 10.4. The minimum absolute atomic E-state index is 0.161. The first-order valence-corrected chi connectivity index (χ1v) is 8.54. The Morgan fingerprint density at radius 3 is 2.59 bits per heavy atom. The van der Waals surface area contributed by atoms with E-state index in [1.807, 2.05) is 0 Å². The Morgan fingerprint density at radius 2 is 2.05 bits per heavy atom. The largest absolute Gasteiger partial charge is 0.314 e. The highest BCUT2D eigenvalue weighted by molar-refractivity contribution is 7.89. The molecule has 2 N–H and O–H groups in total. The number of hydrogen-bond donors (Lipinski definition) is 2. The first-order valence-electron chi connectivity index (χ1n) is 7.05. The Labute approximate surface area is 129 Å². The molecule has 0 aliphatic carbocycles. The molecule has 0 saturated carbocycles. The highest BCUT2D eigenvalue weighted by Crippen LogP contribution is 2.12. The molecule has 1 saturated heterocycles. The summed E-state index contributed by atoms with van der Waals surface area (Å²) in [6.45, 7) is 3.63. The Morgan fingerprint density at radius 1 is 1.36 bits per heavy atom. The fourth-order valence-electron chi connectivity index (χ4n) is 2.27. The third kappa shape index (κ3) is 4.42. The van der Waals surface area contributed by atoms with Crippen LogP contribution in [0, 0.1) is 6.92 Å². The molecular weight excluding hydrogens is 314 g/mol. The lowest BCUT2D eigenvalue weighted by atomic mass is 10.2. The van der Waals surface area contributed by atoms with Gasteiger partial charge in [-0.25, -0.2) is 26.9 Å². The molecule has 2 heterocycles. The van der Waals surface area contributed by atoms with Crippen LogP contribution in [0.15, 0.2) is 23.4 Å². The summed E-state index contributed by atoms with van der Waals surface area (Å²) < 4.78 is 52.9. The van der Waals surface area contributed by atoms with Crippen molar-refractivity contribution in [1.82, 2.24) is 19.9 Å². The number of rotatable bonds is 6. The molecule has 0 aromatic carbocycles. The van der Waals surface area contributed by atoms with Crippen LogP contribution in [0.1, 0.15) is 5.56 Å². The van der Waals surface area contributed by atoms with Gasteiger partial charge >= 0.3 is 0 Å². The molecule has 1 aliphatic heterocycles. The highest BCUT2D eigenvalue weighted by atomic mass is 32.2. The molecule has 0 amide bonds. The van der Waals surface area contributed by atoms with Gasteiger partial charge in [0.15, 0.2) is 5.03 Å². The van der Waals surface area contributed by atoms with Crippen molar-refractivity contribution in [2.75, 3.05) is 32.7 Å². The molecule has 1 aromatic heterocycles. The van der Waals surface area contributed by atoms with E-state index in [9.17, 15) is 17.2 Å². The third-order valence-electron chi connectivity index (χ3n) is 3.55. The molecule has 1 atom stereocenters. The van der Waals surface area contributed by atoms with Crippen LogP contribution in [-0.2, 0) is 10.0 Å². The molecule has 1 unspecified atom stereocenters. The summed E-state index contributed by atoms with van der Waals surface area (Å²) in [5, 5.41) is 2.92. The molecule has 0 spiro atoms. The van der Waals surface area contributed by atoms with Gasteiger partial charge in [-0.05, 0) is 18.6 Å². The van der Waals surface area contributed by atoms with Crippen molar-refractivity contribution < 1.29 is 17.2 Å². The molecule has 1 fully saturated rings. The number of nitrogens with zero attached hydrogens (tertiary/aromatic N) is 2. The van der Waals surface area contributed by atoms with Crippen LogP contribution >= 0.6 is 0 Å². The van der Waals surface area contributed by atoms with Crippen molar-refractivity contribution in [2.24, 2.45) is 0 Å². The summed E-state index contributed by atoms with van der Waals surface area (Å²) >= 11 is 0. The number of nitrogens with one attached hydrogen (secondary N) is 2. The smallest absolute Gasteiger partial charge is 0.258 e. The molecular formula is C13H20F2N4O2S. The Kier molecular flexibility index (Phi) is 5.79. The maximum Gasteiger partial charge on any atom is 0.258 e. The maximum atomic E-state index is 13.2. The number of halogens is 2. The second-order valence-electron chi connectivity index (χ2n) is 5.21. The number of piperazine rings is 1. The lowest BCUT2D eigenvalue weighted by Crippen LogP contribution is -2.54. The van der Waals surface area contributed by atoms with Crippen molar-refractivity contribution in [3.63, 3.8) is 0 Å². The van der Waals surface area contributed by atoms with Gasteiger partial charge in [-0.3, -0.25) is 4.90 Å². The van der Waals surface area contributed by atoms with Gasteiger partial charge < -0.3 is 5.32 Å². The van der Waals surface area contributed by atoms with Gasteiger partial charge in [0, 0.05) is 38.9 Å². The maximum absolute atomic E-state index is 13.2. The van der Waals surface area contributed by atoms with Crippen LogP contribution in [0.25, 0.3) is 0 Å². The second kappa shape index (κ2) is 7.40. The van der Waals surface area contributed by atoms with E-state index in [-0.39, 0.29) is 11.6 Å². The van der Waals surface area contributed by atoms with Crippen molar-refractivity contribution in [3.8, 4) is 0 Å². The predicted octanol–water partition coefficient (Wildman–Crippen LogP) is 0.207. The molecule has 1 aromatic rings. The third-order valence-corrected chi connectivity index (χ3v) is 4.89. The zero-order valence-electron chi connectivity index (χ0n) is 12.3. The minimum atomic E-state index is -3.88. The summed E-state index contributed by atoms with van der Waals surface area (Å²) in [6, 6.07) is 1.84. The minimum Gasteiger partial charge on any atom is -0.314 e. The Hall–Kier alpha value is -1.16. The standard InChI is InChI=1S/C13H20F2N4O2S/c1-10-2-3-12(17-8-10)22(20,21)18-9-11(13(14)15)19-6-4-16-5-7-19/h2-3,8,11,13,16,18H,4-7,9H2,1H3. The lowest BCUT2D eigenvalue weighted by molar-refractivity contribution is 0.0222. The SMILES string of the molecule is Cc1ccc(S(=O)(=O)NCC(C(F)F)N2CCNCC2)nc1. The zero-order valence-corrected chi connectivity index (χ0v) is 13.1. The summed E-state index contributed by atoms with van der Waals surface area (Å²) in [4.78, 5) is 5.43. The Balaban J connectivity index is 2.03. The molecule has 22 heavy (non-hydrogen) atoms. The second-order valence-corrected chi connectivity index (χ2v) is 6.93. The van der Waals surface area contributed by atoms with E-state index in [4.69, 9.17) is 0 Å². The summed E-state index contributed by atoms with van der Waals surface area (Å²) in [5.41, 5.74) is 0.824. The average molecular weight is 334 g/mol. The van der Waals surface area contributed by atoms with Gasteiger partial charge in [0.1, 0.15) is 0 Å². The van der Waals surface area contributed by atoms with Crippen molar-refractivity contribution in [1.29, 1.82) is 0 Å². The number of sulfonamides is 1. The van der Waals surface area contributed by atoms with Gasteiger partial charge in [-0.1, -0.05) is 6.07 Å². The van der Waals surface area contributed by atoms with Crippen molar-refractivity contribution in [2.45, 2.75) is 24.4 Å². The number of pyridine rings is 1. The van der Waals surface area contributed by atoms with Gasteiger partial charge in [0.05, 0.1) is 6.04 Å². The monoisotopic (exact) mass is 334 g/mol. The normalized spacial score (nSPS) is 18.5. The van der Waals surface area contributed by atoms with Gasteiger partial charge in [0.25, 0.3) is 16.4 Å². The van der Waals surface area contributed by atoms with Gasteiger partial charge in [-0.15, -0.1) is 0 Å². The van der Waals surface area contributed by atoms with Crippen LogP contribution in [0.5, 0.6) is 0 Å². The summed E-state index contributed by atoms with van der Waals surface area (Å²) in [6.07, 6.45) is -1.19. The molecule has 9 heteroatoms. The zero-order chi connectivity index (χ0) is 16.2. The number of alkyl halides is 2. The molecule has 0 radical (unpaired) electrons. The van der Waals surface area contributed by atoms with E-state index >= 15 is 0 Å². The van der Waals surface area contributed by atoms with E-state index in [0.29, 0.717) is 26.2 Å². The van der Waals surface area contributed by atoms with E-state index in [1.165, 1.54) is 12.3 Å². The lowest BCUT2D eigenvalue weighted by Gasteiger charge is -2.34. The van der Waals surface area contributed by atoms with E-state index in [0.717, 1.165) is 5.56 Å². The molecule has 1 aliphatic rings. The van der Waals surface area contributed by atoms with Crippen LogP contribution in [-0.4, -0.2) is 63.5 Å². The van der Waals surface area contributed by atoms with Crippen LogP contribution in [0.2, 0.25) is 0 Å². The molecule has 124 valence electrons. The van der Waals surface area contributed by atoms with Gasteiger partial charge in [-0.2, -0.15) is 0 Å². The first kappa shape index (κ1) is 17.2. The topological polar surface area (TPSA) is 74.3 Å². The van der Waals surface area contributed by atoms with Gasteiger partial charge in [0.2, 0.25) is 0 Å². The molecule has 0 bridgehead atoms. The van der Waals surface area contributed by atoms with Crippen LogP contribution in [0.4, 0.5) is 8.78 Å². The molecule has 2 rings (SSSR count). The number of aryl methyl sites for hydroxylation is 1. The number of hydrogen-bond acceptors (Lipinski definition) is 5. The molecule has 6 nitrogen and oxygen atoms in total. The summed E-state index contributed by atoms with van der Waals surface area (Å²) in [5.74, 6) is 0.